The van der Waals surface area contributed by atoms with Crippen molar-refractivity contribution in [3.63, 3.8) is 0 Å². The third kappa shape index (κ3) is 1.15. The highest BCUT2D eigenvalue weighted by atomic mass is 14.7. The molecule has 5 aliphatic carbocycles. The molecule has 5 aliphatic rings. The molecule has 17 heavy (non-hydrogen) atoms. The minimum atomic E-state index is 0.419. The van der Waals surface area contributed by atoms with Crippen LogP contribution in [-0.4, -0.2) is 0 Å². The molecule has 0 aromatic carbocycles. The van der Waals surface area contributed by atoms with E-state index in [1.54, 1.807) is 0 Å². The fourth-order valence-electron chi connectivity index (χ4n) is 5.78. The minimum absolute atomic E-state index is 0.419. The van der Waals surface area contributed by atoms with Gasteiger partial charge in [0.05, 0.1) is 6.07 Å². The summed E-state index contributed by atoms with van der Waals surface area (Å²) in [6, 6.07) is 2.35. The van der Waals surface area contributed by atoms with Crippen molar-refractivity contribution in [2.45, 2.75) is 44.9 Å². The predicted molar refractivity (Wildman–Crippen MR) is 65.5 cm³/mol. The van der Waals surface area contributed by atoms with Crippen molar-refractivity contribution in [3.8, 4) is 6.07 Å². The molecule has 4 saturated carbocycles. The van der Waals surface area contributed by atoms with E-state index in [0.717, 1.165) is 47.8 Å². The second-order valence-electron chi connectivity index (χ2n) is 7.01. The Morgan fingerprint density at radius 2 is 1.59 bits per heavy atom. The van der Waals surface area contributed by atoms with Crippen molar-refractivity contribution < 1.29 is 0 Å². The highest BCUT2D eigenvalue weighted by molar-refractivity contribution is 5.35. The summed E-state index contributed by atoms with van der Waals surface area (Å²) in [5, 5.41) is 9.19. The van der Waals surface area contributed by atoms with Gasteiger partial charge in [-0.05, 0) is 74.0 Å². The first-order valence-corrected chi connectivity index (χ1v) is 7.09. The van der Waals surface area contributed by atoms with Gasteiger partial charge in [-0.3, -0.25) is 0 Å². The summed E-state index contributed by atoms with van der Waals surface area (Å²) in [6.07, 6.45) is 9.25. The second-order valence-corrected chi connectivity index (χ2v) is 7.01. The van der Waals surface area contributed by atoms with Crippen molar-refractivity contribution in [2.24, 2.45) is 34.8 Å². The van der Waals surface area contributed by atoms with Crippen LogP contribution in [0.5, 0.6) is 0 Å². The summed E-state index contributed by atoms with van der Waals surface area (Å²) in [5.41, 5.74) is 8.35. The largest absolute Gasteiger partial charge is 0.401 e. The van der Waals surface area contributed by atoms with Crippen LogP contribution in [0.3, 0.4) is 0 Å². The molecule has 0 aliphatic heterocycles. The second kappa shape index (κ2) is 3.07. The quantitative estimate of drug-likeness (QED) is 0.693. The SMILES string of the molecule is N#CC1=C(N)CC2(C1)C1CC3CC(C1)CC2C3. The van der Waals surface area contributed by atoms with Crippen LogP contribution in [-0.2, 0) is 0 Å². The van der Waals surface area contributed by atoms with Crippen LogP contribution in [0.1, 0.15) is 44.9 Å². The molecule has 0 heterocycles. The average Bonchev–Trinajstić information content (AvgIpc) is 2.64. The maximum absolute atomic E-state index is 9.19. The number of hydrogen-bond acceptors (Lipinski definition) is 2. The molecule has 0 radical (unpaired) electrons. The van der Waals surface area contributed by atoms with Crippen molar-refractivity contribution in [1.29, 1.82) is 5.26 Å². The number of nitrogens with two attached hydrogens (primary N) is 1. The molecule has 2 nitrogen and oxygen atoms in total. The van der Waals surface area contributed by atoms with Gasteiger partial charge in [0, 0.05) is 11.3 Å². The summed E-state index contributed by atoms with van der Waals surface area (Å²) >= 11 is 0. The first kappa shape index (κ1) is 10.00. The van der Waals surface area contributed by atoms with E-state index in [-0.39, 0.29) is 0 Å². The average molecular weight is 228 g/mol. The molecular weight excluding hydrogens is 208 g/mol. The van der Waals surface area contributed by atoms with Gasteiger partial charge >= 0.3 is 0 Å². The lowest BCUT2D eigenvalue weighted by Crippen LogP contribution is -2.52. The summed E-state index contributed by atoms with van der Waals surface area (Å²) in [7, 11) is 0. The van der Waals surface area contributed by atoms with Crippen molar-refractivity contribution in [3.05, 3.63) is 11.3 Å². The van der Waals surface area contributed by atoms with Crippen molar-refractivity contribution in [2.75, 3.05) is 0 Å². The van der Waals surface area contributed by atoms with Crippen LogP contribution in [0.25, 0.3) is 0 Å². The molecule has 1 spiro atoms. The Balaban J connectivity index is 1.70. The summed E-state index contributed by atoms with van der Waals surface area (Å²) in [4.78, 5) is 0. The number of nitrogens with zero attached hydrogens (tertiary/aromatic N) is 1. The van der Waals surface area contributed by atoms with E-state index in [1.807, 2.05) is 0 Å². The molecule has 4 fully saturated rings. The Labute approximate surface area is 103 Å². The van der Waals surface area contributed by atoms with E-state index in [2.05, 4.69) is 6.07 Å². The van der Waals surface area contributed by atoms with Crippen LogP contribution in [0.15, 0.2) is 11.3 Å². The molecule has 4 bridgehead atoms. The van der Waals surface area contributed by atoms with Crippen LogP contribution < -0.4 is 5.73 Å². The van der Waals surface area contributed by atoms with E-state index in [0.29, 0.717) is 5.41 Å². The Morgan fingerprint density at radius 3 is 2.06 bits per heavy atom. The lowest BCUT2D eigenvalue weighted by molar-refractivity contribution is -0.103. The van der Waals surface area contributed by atoms with Gasteiger partial charge in [0.15, 0.2) is 0 Å². The van der Waals surface area contributed by atoms with E-state index < -0.39 is 0 Å². The molecule has 0 aromatic rings. The Bertz CT molecular complexity index is 412. The third-order valence-electron chi connectivity index (χ3n) is 6.31. The van der Waals surface area contributed by atoms with Gasteiger partial charge < -0.3 is 5.73 Å². The minimum Gasteiger partial charge on any atom is -0.401 e. The van der Waals surface area contributed by atoms with Crippen LogP contribution in [0.4, 0.5) is 0 Å². The number of rotatable bonds is 0. The van der Waals surface area contributed by atoms with Gasteiger partial charge in [0.25, 0.3) is 0 Å². The fraction of sp³-hybridized carbons (Fsp3) is 0.800. The van der Waals surface area contributed by atoms with Crippen LogP contribution in [0.2, 0.25) is 0 Å². The Morgan fingerprint density at radius 1 is 1.00 bits per heavy atom. The summed E-state index contributed by atoms with van der Waals surface area (Å²) in [5.74, 6) is 3.78. The number of allylic oxidation sites excluding steroid dienone is 2. The summed E-state index contributed by atoms with van der Waals surface area (Å²) in [6.45, 7) is 0. The maximum atomic E-state index is 9.19. The molecule has 0 saturated heterocycles. The Kier molecular flexibility index (Phi) is 1.81. The number of nitriles is 1. The fourth-order valence-corrected chi connectivity index (χ4v) is 5.78. The molecule has 0 atom stereocenters. The lowest BCUT2D eigenvalue weighted by atomic mass is 9.44. The zero-order valence-corrected chi connectivity index (χ0v) is 10.3. The monoisotopic (exact) mass is 228 g/mol. The summed E-state index contributed by atoms with van der Waals surface area (Å²) < 4.78 is 0. The number of hydrogen-bond donors (Lipinski definition) is 1. The zero-order chi connectivity index (χ0) is 11.6. The lowest BCUT2D eigenvalue weighted by Gasteiger charge is -2.60. The van der Waals surface area contributed by atoms with Gasteiger partial charge in [-0.15, -0.1) is 0 Å². The van der Waals surface area contributed by atoms with Crippen molar-refractivity contribution >= 4 is 0 Å². The topological polar surface area (TPSA) is 49.8 Å². The van der Waals surface area contributed by atoms with Crippen LogP contribution in [0, 0.1) is 40.4 Å². The third-order valence-corrected chi connectivity index (χ3v) is 6.31. The highest BCUT2D eigenvalue weighted by Crippen LogP contribution is 2.67. The smallest absolute Gasteiger partial charge is 0.0965 e. The van der Waals surface area contributed by atoms with E-state index in [9.17, 15) is 5.26 Å². The molecule has 5 rings (SSSR count). The molecule has 2 heteroatoms. The highest BCUT2D eigenvalue weighted by Gasteiger charge is 2.58. The molecular formula is C15H20N2. The molecule has 0 unspecified atom stereocenters. The van der Waals surface area contributed by atoms with Gasteiger partial charge in [-0.25, -0.2) is 0 Å². The van der Waals surface area contributed by atoms with Gasteiger partial charge in [-0.1, -0.05) is 0 Å². The molecule has 2 N–H and O–H groups in total. The standard InChI is InChI=1S/C15H20N2/c16-8-11-6-15(7-14(11)17)12-2-9-1-10(4-12)5-13(15)3-9/h9-10,12-13H,1-7,17H2. The first-order valence-electron chi connectivity index (χ1n) is 7.09. The van der Waals surface area contributed by atoms with Crippen molar-refractivity contribution in [1.82, 2.24) is 0 Å². The predicted octanol–water partition coefficient (Wildman–Crippen LogP) is 2.96. The first-order chi connectivity index (χ1) is 8.21. The van der Waals surface area contributed by atoms with E-state index in [4.69, 9.17) is 5.73 Å². The van der Waals surface area contributed by atoms with E-state index in [1.165, 1.54) is 32.1 Å². The van der Waals surface area contributed by atoms with Gasteiger partial charge in [-0.2, -0.15) is 5.26 Å². The van der Waals surface area contributed by atoms with E-state index >= 15 is 0 Å². The normalized spacial score (nSPS) is 51.2. The van der Waals surface area contributed by atoms with Crippen LogP contribution >= 0.6 is 0 Å². The molecule has 0 aromatic heterocycles. The van der Waals surface area contributed by atoms with Gasteiger partial charge in [0.2, 0.25) is 0 Å². The van der Waals surface area contributed by atoms with Gasteiger partial charge in [0.1, 0.15) is 0 Å². The maximum Gasteiger partial charge on any atom is 0.0965 e. The molecule has 0 amide bonds. The Hall–Kier alpha value is -0.970. The molecule has 90 valence electrons. The zero-order valence-electron chi connectivity index (χ0n) is 10.3.